The molecular weight excluding hydrogens is 267 g/mol. The van der Waals surface area contributed by atoms with Gasteiger partial charge in [0.15, 0.2) is 11.8 Å². The lowest BCUT2D eigenvalue weighted by Crippen LogP contribution is -2.13. The van der Waals surface area contributed by atoms with Gasteiger partial charge in [-0.15, -0.1) is 11.3 Å². The number of halogens is 1. The third-order valence-corrected chi connectivity index (χ3v) is 3.16. The van der Waals surface area contributed by atoms with Gasteiger partial charge in [0.2, 0.25) is 0 Å². The molecule has 0 saturated carbocycles. The lowest BCUT2D eigenvalue weighted by molar-refractivity contribution is 0.0429. The number of carbonyl (C=O) groups is 1. The highest BCUT2D eigenvalue weighted by Gasteiger charge is 2.15. The first kappa shape index (κ1) is 13.2. The predicted molar refractivity (Wildman–Crippen MR) is 68.0 cm³/mol. The lowest BCUT2D eigenvalue weighted by atomic mass is 10.2. The minimum Gasteiger partial charge on any atom is -0.443 e. The molecule has 0 aliphatic carbocycles. The Morgan fingerprint density at radius 1 is 1.47 bits per heavy atom. The normalized spacial score (nSPS) is 11.6. The Bertz CT molecular complexity index is 631. The van der Waals surface area contributed by atoms with Crippen molar-refractivity contribution in [3.8, 4) is 16.6 Å². The first-order chi connectivity index (χ1) is 9.10. The van der Waals surface area contributed by atoms with E-state index in [1.165, 1.54) is 30.4 Å². The van der Waals surface area contributed by atoms with Crippen LogP contribution in [0.15, 0.2) is 29.6 Å². The van der Waals surface area contributed by atoms with Gasteiger partial charge in [-0.2, -0.15) is 5.26 Å². The Morgan fingerprint density at radius 3 is 2.79 bits per heavy atom. The SMILES string of the molecule is C[C@H](C#N)OC(=O)c1csc(-c2ccc(F)cc2)n1. The molecule has 0 N–H and O–H groups in total. The number of hydrogen-bond donors (Lipinski definition) is 0. The van der Waals surface area contributed by atoms with Crippen molar-refractivity contribution in [3.63, 3.8) is 0 Å². The van der Waals surface area contributed by atoms with Crippen LogP contribution in [-0.4, -0.2) is 17.1 Å². The summed E-state index contributed by atoms with van der Waals surface area (Å²) in [4.78, 5) is 15.7. The topological polar surface area (TPSA) is 63.0 Å². The smallest absolute Gasteiger partial charge is 0.359 e. The Labute approximate surface area is 113 Å². The van der Waals surface area contributed by atoms with Crippen molar-refractivity contribution >= 4 is 17.3 Å². The van der Waals surface area contributed by atoms with Crippen molar-refractivity contribution in [2.24, 2.45) is 0 Å². The molecule has 2 rings (SSSR count). The number of nitrogens with zero attached hydrogens (tertiary/aromatic N) is 2. The van der Waals surface area contributed by atoms with Gasteiger partial charge in [0.05, 0.1) is 0 Å². The van der Waals surface area contributed by atoms with Gasteiger partial charge in [-0.25, -0.2) is 14.2 Å². The van der Waals surface area contributed by atoms with Crippen LogP contribution in [-0.2, 0) is 4.74 Å². The molecular formula is C13H9FN2O2S. The van der Waals surface area contributed by atoms with Crippen LogP contribution in [0.5, 0.6) is 0 Å². The Kier molecular flexibility index (Phi) is 3.88. The summed E-state index contributed by atoms with van der Waals surface area (Å²) < 4.78 is 17.6. The molecule has 0 fully saturated rings. The van der Waals surface area contributed by atoms with E-state index in [2.05, 4.69) is 4.98 Å². The Balaban J connectivity index is 2.17. The Hall–Kier alpha value is -2.26. The average molecular weight is 276 g/mol. The second kappa shape index (κ2) is 5.59. The first-order valence-electron chi connectivity index (χ1n) is 5.42. The molecule has 0 aliphatic rings. The second-order valence-electron chi connectivity index (χ2n) is 3.72. The van der Waals surface area contributed by atoms with Gasteiger partial charge in [-0.1, -0.05) is 0 Å². The van der Waals surface area contributed by atoms with Crippen molar-refractivity contribution in [2.75, 3.05) is 0 Å². The standard InChI is InChI=1S/C13H9FN2O2S/c1-8(6-15)18-13(17)11-7-19-12(16-11)9-2-4-10(14)5-3-9/h2-5,7-8H,1H3/t8-/m1/s1. The zero-order chi connectivity index (χ0) is 13.8. The highest BCUT2D eigenvalue weighted by molar-refractivity contribution is 7.13. The minimum absolute atomic E-state index is 0.145. The first-order valence-corrected chi connectivity index (χ1v) is 6.30. The fourth-order valence-corrected chi connectivity index (χ4v) is 2.14. The molecule has 1 aromatic heterocycles. The lowest BCUT2D eigenvalue weighted by Gasteiger charge is -2.02. The highest BCUT2D eigenvalue weighted by Crippen LogP contribution is 2.24. The van der Waals surface area contributed by atoms with Crippen LogP contribution in [0.4, 0.5) is 4.39 Å². The van der Waals surface area contributed by atoms with Crippen LogP contribution < -0.4 is 0 Å². The maximum absolute atomic E-state index is 12.8. The van der Waals surface area contributed by atoms with E-state index in [0.717, 1.165) is 5.56 Å². The van der Waals surface area contributed by atoms with Crippen LogP contribution in [0.25, 0.3) is 10.6 Å². The van der Waals surface area contributed by atoms with Crippen molar-refractivity contribution in [2.45, 2.75) is 13.0 Å². The van der Waals surface area contributed by atoms with E-state index in [-0.39, 0.29) is 11.5 Å². The molecule has 0 saturated heterocycles. The van der Waals surface area contributed by atoms with Crippen molar-refractivity contribution in [1.82, 2.24) is 4.98 Å². The highest BCUT2D eigenvalue weighted by atomic mass is 32.1. The van der Waals surface area contributed by atoms with Gasteiger partial charge in [-0.05, 0) is 31.2 Å². The molecule has 2 aromatic rings. The van der Waals surface area contributed by atoms with Crippen molar-refractivity contribution in [3.05, 3.63) is 41.2 Å². The molecule has 96 valence electrons. The quantitative estimate of drug-likeness (QED) is 0.808. The molecule has 4 nitrogen and oxygen atoms in total. The number of hydrogen-bond acceptors (Lipinski definition) is 5. The maximum Gasteiger partial charge on any atom is 0.359 e. The maximum atomic E-state index is 12.8. The number of benzene rings is 1. The molecule has 0 unspecified atom stereocenters. The summed E-state index contributed by atoms with van der Waals surface area (Å²) in [6, 6.07) is 7.62. The molecule has 0 spiro atoms. The Morgan fingerprint density at radius 2 is 2.16 bits per heavy atom. The van der Waals surface area contributed by atoms with E-state index in [0.29, 0.717) is 5.01 Å². The van der Waals surface area contributed by atoms with Gasteiger partial charge >= 0.3 is 5.97 Å². The van der Waals surface area contributed by atoms with Crippen LogP contribution in [0.2, 0.25) is 0 Å². The number of rotatable bonds is 3. The van der Waals surface area contributed by atoms with Gasteiger partial charge in [0.1, 0.15) is 16.9 Å². The van der Waals surface area contributed by atoms with E-state index in [9.17, 15) is 9.18 Å². The zero-order valence-electron chi connectivity index (χ0n) is 9.96. The zero-order valence-corrected chi connectivity index (χ0v) is 10.8. The minimum atomic E-state index is -0.816. The van der Waals surface area contributed by atoms with E-state index in [4.69, 9.17) is 10.00 Å². The van der Waals surface area contributed by atoms with Crippen LogP contribution in [0.3, 0.4) is 0 Å². The van der Waals surface area contributed by atoms with E-state index >= 15 is 0 Å². The summed E-state index contributed by atoms with van der Waals surface area (Å²) >= 11 is 1.25. The number of ether oxygens (including phenoxy) is 1. The molecule has 1 heterocycles. The number of carbonyl (C=O) groups excluding carboxylic acids is 1. The average Bonchev–Trinajstić information content (AvgIpc) is 2.89. The summed E-state index contributed by atoms with van der Waals surface area (Å²) in [5.41, 5.74) is 0.866. The molecule has 0 amide bonds. The monoisotopic (exact) mass is 276 g/mol. The second-order valence-corrected chi connectivity index (χ2v) is 4.58. The van der Waals surface area contributed by atoms with Crippen molar-refractivity contribution in [1.29, 1.82) is 5.26 Å². The fourth-order valence-electron chi connectivity index (χ4n) is 1.34. The van der Waals surface area contributed by atoms with E-state index in [1.807, 2.05) is 0 Å². The largest absolute Gasteiger partial charge is 0.443 e. The third-order valence-electron chi connectivity index (χ3n) is 2.27. The fraction of sp³-hybridized carbons (Fsp3) is 0.154. The summed E-state index contributed by atoms with van der Waals surface area (Å²) in [6.45, 7) is 1.48. The van der Waals surface area contributed by atoms with Crippen LogP contribution in [0, 0.1) is 17.1 Å². The summed E-state index contributed by atoms with van der Waals surface area (Å²) in [6.07, 6.45) is -0.816. The van der Waals surface area contributed by atoms with E-state index in [1.54, 1.807) is 23.6 Å². The molecule has 0 radical (unpaired) electrons. The summed E-state index contributed by atoms with van der Waals surface area (Å²) in [5, 5.41) is 10.7. The number of thiazole rings is 1. The summed E-state index contributed by atoms with van der Waals surface area (Å²) in [7, 11) is 0. The van der Waals surface area contributed by atoms with Crippen LogP contribution in [0.1, 0.15) is 17.4 Å². The number of nitriles is 1. The van der Waals surface area contributed by atoms with Gasteiger partial charge in [0.25, 0.3) is 0 Å². The third kappa shape index (κ3) is 3.14. The van der Waals surface area contributed by atoms with Crippen molar-refractivity contribution < 1.29 is 13.9 Å². The molecule has 19 heavy (non-hydrogen) atoms. The number of aromatic nitrogens is 1. The molecule has 0 aliphatic heterocycles. The predicted octanol–water partition coefficient (Wildman–Crippen LogP) is 3.02. The number of esters is 1. The van der Waals surface area contributed by atoms with Crippen LogP contribution >= 0.6 is 11.3 Å². The molecule has 1 aromatic carbocycles. The van der Waals surface area contributed by atoms with E-state index < -0.39 is 12.1 Å². The molecule has 6 heteroatoms. The van der Waals surface area contributed by atoms with Gasteiger partial charge < -0.3 is 4.74 Å². The van der Waals surface area contributed by atoms with Gasteiger partial charge in [0, 0.05) is 10.9 Å². The van der Waals surface area contributed by atoms with Gasteiger partial charge in [-0.3, -0.25) is 0 Å². The molecule has 1 atom stereocenters. The molecule has 0 bridgehead atoms. The summed E-state index contributed by atoms with van der Waals surface area (Å²) in [5.74, 6) is -0.971.